The molecule has 3 aliphatic carbocycles. The van der Waals surface area contributed by atoms with Gasteiger partial charge in [-0.05, 0) is 54.9 Å². The minimum Gasteiger partial charge on any atom is -0.461 e. The average Bonchev–Trinajstić information content (AvgIpc) is 3.77. The number of hydrogen-bond acceptors (Lipinski definition) is 7. The lowest BCUT2D eigenvalue weighted by Gasteiger charge is -2.54. The van der Waals surface area contributed by atoms with Crippen LogP contribution in [-0.2, 0) is 19.0 Å². The molecule has 10 atom stereocenters. The number of rotatable bonds is 6. The highest BCUT2D eigenvalue weighted by Gasteiger charge is 2.92. The number of hydrogen-bond donors (Lipinski definition) is 3. The van der Waals surface area contributed by atoms with Crippen LogP contribution in [0.25, 0.3) is 0 Å². The molecule has 3 N–H and O–H groups in total. The van der Waals surface area contributed by atoms with Crippen LogP contribution in [-0.4, -0.2) is 71.1 Å². The average molecular weight is 491 g/mol. The summed E-state index contributed by atoms with van der Waals surface area (Å²) in [5, 5.41) is 28.5. The first-order valence-electron chi connectivity index (χ1n) is 12.6. The lowest BCUT2D eigenvalue weighted by atomic mass is 9.47. The smallest absolute Gasteiger partial charge is 0.302 e. The molecular weight excluding hydrogens is 448 g/mol. The largest absolute Gasteiger partial charge is 0.461 e. The van der Waals surface area contributed by atoms with E-state index in [1.807, 2.05) is 0 Å². The van der Waals surface area contributed by atoms with Gasteiger partial charge in [0.1, 0.15) is 12.2 Å². The van der Waals surface area contributed by atoms with E-state index in [1.54, 1.807) is 0 Å². The van der Waals surface area contributed by atoms with Gasteiger partial charge in [-0.1, -0.05) is 19.9 Å². The van der Waals surface area contributed by atoms with Gasteiger partial charge in [0, 0.05) is 32.5 Å². The number of ether oxygens (including phenoxy) is 3. The number of aliphatic hydroxyl groups is 3. The molecule has 7 nitrogen and oxygen atoms in total. The van der Waals surface area contributed by atoms with Crippen LogP contribution < -0.4 is 0 Å². The van der Waals surface area contributed by atoms with Crippen molar-refractivity contribution in [2.45, 2.75) is 82.4 Å². The van der Waals surface area contributed by atoms with E-state index in [9.17, 15) is 15.0 Å². The molecule has 0 aromatic rings. The molecule has 7 heteroatoms. The van der Waals surface area contributed by atoms with Crippen LogP contribution >= 0.6 is 0 Å². The summed E-state index contributed by atoms with van der Waals surface area (Å²) >= 11 is 0. The summed E-state index contributed by atoms with van der Waals surface area (Å²) in [5.41, 5.74) is -0.157. The molecule has 2 heterocycles. The van der Waals surface area contributed by atoms with Crippen molar-refractivity contribution in [2.24, 2.45) is 29.1 Å². The molecule has 4 fully saturated rings. The second kappa shape index (κ2) is 10.4. The van der Waals surface area contributed by atoms with Crippen molar-refractivity contribution >= 4 is 5.97 Å². The Morgan fingerprint density at radius 2 is 2.00 bits per heavy atom. The van der Waals surface area contributed by atoms with Crippen LogP contribution in [0.5, 0.6) is 0 Å². The number of allylic oxidation sites excluding steroid dienone is 1. The summed E-state index contributed by atoms with van der Waals surface area (Å²) in [6.45, 7) is 12.2. The zero-order valence-electron chi connectivity index (χ0n) is 21.5. The van der Waals surface area contributed by atoms with Crippen LogP contribution in [0, 0.1) is 41.4 Å². The second-order valence-electron chi connectivity index (χ2n) is 10.6. The van der Waals surface area contributed by atoms with E-state index in [-0.39, 0.29) is 53.9 Å². The van der Waals surface area contributed by atoms with Crippen LogP contribution in [0.15, 0.2) is 24.8 Å². The third-order valence-corrected chi connectivity index (χ3v) is 9.46. The van der Waals surface area contributed by atoms with Crippen molar-refractivity contribution < 1.29 is 34.3 Å². The Balaban J connectivity index is 0.000000815. The molecular formula is C28H42O7. The molecule has 0 bridgehead atoms. The minimum atomic E-state index is -0.667. The van der Waals surface area contributed by atoms with E-state index in [1.165, 1.54) is 6.92 Å². The van der Waals surface area contributed by atoms with Gasteiger partial charge in [-0.2, -0.15) is 0 Å². The highest BCUT2D eigenvalue weighted by Crippen LogP contribution is 2.79. The second-order valence-corrected chi connectivity index (χ2v) is 10.6. The Bertz CT molecular complexity index is 864. The monoisotopic (exact) mass is 490 g/mol. The van der Waals surface area contributed by atoms with Crippen LogP contribution in [0.2, 0.25) is 0 Å². The maximum atomic E-state index is 11.7. The van der Waals surface area contributed by atoms with Gasteiger partial charge in [0.05, 0.1) is 18.3 Å². The summed E-state index contributed by atoms with van der Waals surface area (Å²) in [7, 11) is 1.00. The van der Waals surface area contributed by atoms with Crippen molar-refractivity contribution in [2.75, 3.05) is 20.3 Å². The maximum absolute atomic E-state index is 11.7. The standard InChI is InChI=1S/C25H34O6.C2H4.CH4O/c1-5-7-16(12-26)14(2)18-10-21-25(31-21)23(4)9-6-8-17(13-29-15(3)27)19(23)11-20-24(25,30-20)22(18)28;2*1-2/h1,8,14,16,18-22,26,28H,6-7,9-13H2,2-4H3;1-2H2;2H,1H3/t14?,16?,18?,19?,20-,21-,22+,23-,24+,25+;;/m0../s1. The predicted octanol–water partition coefficient (Wildman–Crippen LogP) is 2.63. The lowest BCUT2D eigenvalue weighted by molar-refractivity contribution is -0.140. The van der Waals surface area contributed by atoms with E-state index in [2.05, 4.69) is 39.0 Å². The summed E-state index contributed by atoms with van der Waals surface area (Å²) < 4.78 is 18.3. The van der Waals surface area contributed by atoms with Crippen molar-refractivity contribution in [1.29, 1.82) is 0 Å². The number of terminal acetylenes is 1. The number of carbonyl (C=O) groups excluding carboxylic acids is 1. The molecule has 5 rings (SSSR count). The Morgan fingerprint density at radius 3 is 2.60 bits per heavy atom. The van der Waals surface area contributed by atoms with Gasteiger partial charge in [-0.3, -0.25) is 4.79 Å². The van der Waals surface area contributed by atoms with Crippen molar-refractivity contribution in [3.63, 3.8) is 0 Å². The fourth-order valence-corrected chi connectivity index (χ4v) is 7.74. The highest BCUT2D eigenvalue weighted by molar-refractivity contribution is 5.66. The molecule has 0 radical (unpaired) electrons. The fraction of sp³-hybridized carbons (Fsp3) is 0.750. The minimum absolute atomic E-state index is 0.0177. The first-order valence-corrected chi connectivity index (χ1v) is 12.6. The number of aliphatic hydroxyl groups excluding tert-OH is 3. The molecule has 0 amide bonds. The van der Waals surface area contributed by atoms with Crippen LogP contribution in [0.3, 0.4) is 0 Å². The van der Waals surface area contributed by atoms with Crippen LogP contribution in [0.1, 0.15) is 52.9 Å². The molecule has 2 spiro atoms. The van der Waals surface area contributed by atoms with E-state index < -0.39 is 17.3 Å². The number of fused-ring (bicyclic) bond motifs is 1. The SMILES string of the molecule is C#CCC(CO)C(C)C1C[C@@H]2O[C@]23[C@]2(O[C@H]2CC2C(COC(C)=O)=CCC[C@@]23C)[C@@H]1O.C=C.CO. The molecule has 2 aliphatic heterocycles. The summed E-state index contributed by atoms with van der Waals surface area (Å²) in [6.07, 6.45) is 11.0. The Hall–Kier alpha value is -1.69. The zero-order valence-corrected chi connectivity index (χ0v) is 21.5. The molecule has 4 unspecified atom stereocenters. The van der Waals surface area contributed by atoms with Gasteiger partial charge in [0.15, 0.2) is 5.60 Å². The van der Waals surface area contributed by atoms with Crippen molar-refractivity contribution in [1.82, 2.24) is 0 Å². The molecule has 196 valence electrons. The Morgan fingerprint density at radius 1 is 1.31 bits per heavy atom. The normalized spacial score (nSPS) is 43.3. The molecule has 35 heavy (non-hydrogen) atoms. The quantitative estimate of drug-likeness (QED) is 0.227. The van der Waals surface area contributed by atoms with E-state index in [4.69, 9.17) is 25.7 Å². The third-order valence-electron chi connectivity index (χ3n) is 9.46. The van der Waals surface area contributed by atoms with Crippen LogP contribution in [0.4, 0.5) is 0 Å². The number of carbonyl (C=O) groups is 1. The summed E-state index contributed by atoms with van der Waals surface area (Å²) in [5.74, 6) is 2.65. The molecule has 5 aliphatic rings. The summed E-state index contributed by atoms with van der Waals surface area (Å²) in [4.78, 5) is 11.4. The lowest BCUT2D eigenvalue weighted by Crippen LogP contribution is -2.66. The fourth-order valence-electron chi connectivity index (χ4n) is 7.74. The van der Waals surface area contributed by atoms with Gasteiger partial charge < -0.3 is 29.5 Å². The summed E-state index contributed by atoms with van der Waals surface area (Å²) in [6, 6.07) is 0. The Labute approximate surface area is 209 Å². The first kappa shape index (κ1) is 27.9. The topological polar surface area (TPSA) is 112 Å². The van der Waals surface area contributed by atoms with E-state index >= 15 is 0 Å². The van der Waals surface area contributed by atoms with Gasteiger partial charge in [-0.25, -0.2) is 0 Å². The van der Waals surface area contributed by atoms with Crippen molar-refractivity contribution in [3.05, 3.63) is 24.8 Å². The third kappa shape index (κ3) is 3.89. The predicted molar refractivity (Wildman–Crippen MR) is 132 cm³/mol. The van der Waals surface area contributed by atoms with E-state index in [0.29, 0.717) is 13.0 Å². The van der Waals surface area contributed by atoms with E-state index in [0.717, 1.165) is 38.4 Å². The van der Waals surface area contributed by atoms with Gasteiger partial charge in [0.25, 0.3) is 0 Å². The zero-order chi connectivity index (χ0) is 26.2. The molecule has 2 saturated carbocycles. The first-order chi connectivity index (χ1) is 16.8. The number of esters is 1. The molecule has 2 saturated heterocycles. The Kier molecular flexibility index (Phi) is 8.25. The van der Waals surface area contributed by atoms with Gasteiger partial charge in [-0.15, -0.1) is 25.5 Å². The molecule has 0 aromatic heterocycles. The van der Waals surface area contributed by atoms with Gasteiger partial charge in [0.2, 0.25) is 0 Å². The number of epoxide rings is 2. The maximum Gasteiger partial charge on any atom is 0.302 e. The highest BCUT2D eigenvalue weighted by atomic mass is 16.7. The van der Waals surface area contributed by atoms with Crippen molar-refractivity contribution in [3.8, 4) is 12.3 Å². The molecule has 0 aromatic carbocycles. The van der Waals surface area contributed by atoms with Gasteiger partial charge >= 0.3 is 5.97 Å².